The van der Waals surface area contributed by atoms with Crippen molar-refractivity contribution in [3.8, 4) is 0 Å². The lowest BCUT2D eigenvalue weighted by molar-refractivity contribution is 0.762. The van der Waals surface area contributed by atoms with Crippen LogP contribution < -0.4 is 4.98 Å². The van der Waals surface area contributed by atoms with E-state index in [4.69, 9.17) is 0 Å². The van der Waals surface area contributed by atoms with Gasteiger partial charge in [-0.15, -0.1) is 0 Å². The monoisotopic (exact) mass is 130 g/mol. The highest BCUT2D eigenvalue weighted by molar-refractivity contribution is 6.52. The van der Waals surface area contributed by atoms with E-state index in [-0.39, 0.29) is 8.96 Å². The predicted octanol–water partition coefficient (Wildman–Crippen LogP) is 1.63. The predicted molar refractivity (Wildman–Crippen MR) is 40.4 cm³/mol. The maximum atomic E-state index is 3.45. The summed E-state index contributed by atoms with van der Waals surface area (Å²) in [5.74, 6) is 0. The van der Waals surface area contributed by atoms with E-state index in [9.17, 15) is 0 Å². The topological polar surface area (TPSA) is 12.0 Å². The second-order valence-electron chi connectivity index (χ2n) is 2.28. The summed E-state index contributed by atoms with van der Waals surface area (Å²) in [6.07, 6.45) is 2.64. The van der Waals surface area contributed by atoms with Gasteiger partial charge in [0.05, 0.1) is 0 Å². The van der Waals surface area contributed by atoms with Crippen molar-refractivity contribution in [1.29, 1.82) is 0 Å². The Bertz CT molecular complexity index is 45.8. The van der Waals surface area contributed by atoms with Crippen LogP contribution in [0.15, 0.2) is 0 Å². The average molecular weight is 130 g/mol. The molecule has 1 N–H and O–H groups in total. The first-order valence-corrected chi connectivity index (χ1v) is 5.81. The largest absolute Gasteiger partial charge is 0.338 e. The van der Waals surface area contributed by atoms with Gasteiger partial charge in [-0.25, -0.2) is 0 Å². The quantitative estimate of drug-likeness (QED) is 0.450. The van der Waals surface area contributed by atoms with Crippen molar-refractivity contribution in [2.75, 3.05) is 6.54 Å². The summed E-state index contributed by atoms with van der Waals surface area (Å²) in [5.41, 5.74) is 0. The SMILES string of the molecule is CCCCN[Si](C)C. The molecule has 0 amide bonds. The number of rotatable bonds is 4. The molecule has 0 fully saturated rings. The van der Waals surface area contributed by atoms with E-state index >= 15 is 0 Å². The number of nitrogens with one attached hydrogen (secondary N) is 1. The third kappa shape index (κ3) is 6.18. The van der Waals surface area contributed by atoms with E-state index in [1.165, 1.54) is 19.4 Å². The molecule has 0 aromatic rings. The highest BCUT2D eigenvalue weighted by atomic mass is 28.3. The van der Waals surface area contributed by atoms with Gasteiger partial charge in [0.15, 0.2) is 0 Å². The van der Waals surface area contributed by atoms with Crippen molar-refractivity contribution < 1.29 is 0 Å². The standard InChI is InChI=1S/C6H16NSi/c1-4-5-6-7-8(2)3/h7H,4-6H2,1-3H3. The molecule has 1 nitrogen and oxygen atoms in total. The van der Waals surface area contributed by atoms with Crippen molar-refractivity contribution in [1.82, 2.24) is 4.98 Å². The van der Waals surface area contributed by atoms with E-state index in [0.29, 0.717) is 0 Å². The highest BCUT2D eigenvalue weighted by Crippen LogP contribution is 1.82. The molecule has 0 aliphatic heterocycles. The van der Waals surface area contributed by atoms with Crippen LogP contribution in [0.1, 0.15) is 19.8 Å². The molecule has 0 bridgehead atoms. The fraction of sp³-hybridized carbons (Fsp3) is 1.00. The second-order valence-corrected chi connectivity index (χ2v) is 4.63. The zero-order valence-corrected chi connectivity index (χ0v) is 7.12. The van der Waals surface area contributed by atoms with E-state index in [1.54, 1.807) is 0 Å². The maximum Gasteiger partial charge on any atom is 0.126 e. The Kier molecular flexibility index (Phi) is 5.43. The molecule has 0 aliphatic carbocycles. The van der Waals surface area contributed by atoms with Crippen LogP contribution in [0, 0.1) is 0 Å². The van der Waals surface area contributed by atoms with Gasteiger partial charge in [0.1, 0.15) is 8.96 Å². The summed E-state index contributed by atoms with van der Waals surface area (Å²) >= 11 is 0. The molecule has 0 unspecified atom stereocenters. The molecule has 0 aliphatic rings. The molecule has 0 aromatic carbocycles. The van der Waals surface area contributed by atoms with Crippen LogP contribution >= 0.6 is 0 Å². The fourth-order valence-electron chi connectivity index (χ4n) is 0.515. The van der Waals surface area contributed by atoms with Gasteiger partial charge in [-0.3, -0.25) is 0 Å². The lowest BCUT2D eigenvalue weighted by atomic mass is 10.3. The summed E-state index contributed by atoms with van der Waals surface area (Å²) in [6.45, 7) is 8.00. The molecule has 0 heterocycles. The molecule has 1 radical (unpaired) electrons. The molecule has 0 atom stereocenters. The highest BCUT2D eigenvalue weighted by Gasteiger charge is 1.90. The van der Waals surface area contributed by atoms with Gasteiger partial charge in [-0.2, -0.15) is 0 Å². The average Bonchev–Trinajstić information content (AvgIpc) is 1.66. The van der Waals surface area contributed by atoms with Gasteiger partial charge in [0, 0.05) is 0 Å². The molecular weight excluding hydrogens is 114 g/mol. The molecule has 0 aromatic heterocycles. The summed E-state index contributed by atoms with van der Waals surface area (Å²) in [4.78, 5) is 3.45. The zero-order valence-electron chi connectivity index (χ0n) is 6.12. The Balaban J connectivity index is 2.72. The van der Waals surface area contributed by atoms with Crippen LogP contribution in [-0.4, -0.2) is 15.5 Å². The molecule has 2 heteroatoms. The molecule has 0 rings (SSSR count). The lowest BCUT2D eigenvalue weighted by Gasteiger charge is -2.02. The smallest absolute Gasteiger partial charge is 0.126 e. The van der Waals surface area contributed by atoms with Crippen LogP contribution in [-0.2, 0) is 0 Å². The Labute approximate surface area is 54.2 Å². The van der Waals surface area contributed by atoms with Crippen LogP contribution in [0.2, 0.25) is 13.1 Å². The minimum atomic E-state index is -0.157. The molecule has 49 valence electrons. The summed E-state index contributed by atoms with van der Waals surface area (Å²) in [7, 11) is -0.157. The number of hydrogen-bond acceptors (Lipinski definition) is 1. The van der Waals surface area contributed by atoms with Crippen LogP contribution in [0.4, 0.5) is 0 Å². The van der Waals surface area contributed by atoms with Gasteiger partial charge in [0.2, 0.25) is 0 Å². The van der Waals surface area contributed by atoms with Crippen LogP contribution in [0.25, 0.3) is 0 Å². The molecular formula is C6H16NSi. The number of hydrogen-bond donors (Lipinski definition) is 1. The molecule has 0 saturated heterocycles. The van der Waals surface area contributed by atoms with Gasteiger partial charge in [0.25, 0.3) is 0 Å². The lowest BCUT2D eigenvalue weighted by Crippen LogP contribution is -2.27. The van der Waals surface area contributed by atoms with Crippen LogP contribution in [0.3, 0.4) is 0 Å². The minimum Gasteiger partial charge on any atom is -0.338 e. The van der Waals surface area contributed by atoms with Crippen molar-refractivity contribution in [2.45, 2.75) is 32.9 Å². The Morgan fingerprint density at radius 1 is 1.38 bits per heavy atom. The maximum absolute atomic E-state index is 3.45. The first-order chi connectivity index (χ1) is 3.77. The summed E-state index contributed by atoms with van der Waals surface area (Å²) in [5, 5.41) is 0. The van der Waals surface area contributed by atoms with Crippen molar-refractivity contribution >= 4 is 8.96 Å². The van der Waals surface area contributed by atoms with Gasteiger partial charge >= 0.3 is 0 Å². The Hall–Kier alpha value is 0.177. The normalized spacial score (nSPS) is 10.5. The zero-order chi connectivity index (χ0) is 6.41. The fourth-order valence-corrected chi connectivity index (χ4v) is 1.19. The minimum absolute atomic E-state index is 0.157. The van der Waals surface area contributed by atoms with E-state index in [1.807, 2.05) is 0 Å². The van der Waals surface area contributed by atoms with Gasteiger partial charge in [-0.05, 0) is 13.0 Å². The third-order valence-electron chi connectivity index (χ3n) is 1.01. The van der Waals surface area contributed by atoms with Crippen molar-refractivity contribution in [2.24, 2.45) is 0 Å². The summed E-state index contributed by atoms with van der Waals surface area (Å²) < 4.78 is 0. The third-order valence-corrected chi connectivity index (χ3v) is 1.97. The van der Waals surface area contributed by atoms with Crippen LogP contribution in [0.5, 0.6) is 0 Å². The molecule has 0 spiro atoms. The van der Waals surface area contributed by atoms with Crippen molar-refractivity contribution in [3.63, 3.8) is 0 Å². The molecule has 8 heavy (non-hydrogen) atoms. The number of unbranched alkanes of at least 4 members (excludes halogenated alkanes) is 1. The van der Waals surface area contributed by atoms with Gasteiger partial charge in [-0.1, -0.05) is 26.4 Å². The summed E-state index contributed by atoms with van der Waals surface area (Å²) in [6, 6.07) is 0. The van der Waals surface area contributed by atoms with Crippen molar-refractivity contribution in [3.05, 3.63) is 0 Å². The first-order valence-electron chi connectivity index (χ1n) is 3.31. The second kappa shape index (κ2) is 5.32. The molecule has 0 saturated carbocycles. The van der Waals surface area contributed by atoms with E-state index < -0.39 is 0 Å². The Morgan fingerprint density at radius 3 is 2.38 bits per heavy atom. The van der Waals surface area contributed by atoms with E-state index in [0.717, 1.165) is 0 Å². The Morgan fingerprint density at radius 2 is 2.00 bits per heavy atom. The first kappa shape index (κ1) is 8.18. The van der Waals surface area contributed by atoms with E-state index in [2.05, 4.69) is 25.0 Å². The van der Waals surface area contributed by atoms with Gasteiger partial charge < -0.3 is 4.98 Å².